The molecule has 1 unspecified atom stereocenters. The standard InChI is InChI=1S/C29H19BrClN3O2S/c30-22-9-12-26(35)21(14-22)15-27-28(36)32-29(37-27)34-25(18-7-10-23(31)11-8-18)16-24(33-34)20-6-5-17-3-1-2-4-19(17)13-20/h1-15,25,35H,16H2/b27-15-. The van der Waals surface area contributed by atoms with Gasteiger partial charge in [-0.25, -0.2) is 5.01 Å². The van der Waals surface area contributed by atoms with E-state index >= 15 is 0 Å². The first-order valence-corrected chi connectivity index (χ1v) is 13.6. The largest absolute Gasteiger partial charge is 0.507 e. The van der Waals surface area contributed by atoms with Gasteiger partial charge in [0.2, 0.25) is 0 Å². The molecule has 2 aliphatic heterocycles. The molecule has 0 aliphatic carbocycles. The number of amidine groups is 1. The number of rotatable bonds is 3. The van der Waals surface area contributed by atoms with Crippen LogP contribution in [0.5, 0.6) is 5.75 Å². The number of carbonyl (C=O) groups is 1. The number of phenolic OH excluding ortho intramolecular Hbond substituents is 1. The Morgan fingerprint density at radius 2 is 1.78 bits per heavy atom. The summed E-state index contributed by atoms with van der Waals surface area (Å²) in [6.07, 6.45) is 2.31. The van der Waals surface area contributed by atoms with Crippen LogP contribution >= 0.6 is 39.3 Å². The number of carbonyl (C=O) groups excluding carboxylic acids is 1. The van der Waals surface area contributed by atoms with Gasteiger partial charge in [-0.05, 0) is 76.1 Å². The number of amides is 1. The fourth-order valence-corrected chi connectivity index (χ4v) is 5.86. The molecular formula is C29H19BrClN3O2S. The average Bonchev–Trinajstić information content (AvgIpc) is 3.50. The molecule has 0 spiro atoms. The Kier molecular flexibility index (Phi) is 6.36. The summed E-state index contributed by atoms with van der Waals surface area (Å²) in [5.41, 5.74) is 3.52. The van der Waals surface area contributed by atoms with Crippen molar-refractivity contribution >= 4 is 72.9 Å². The molecule has 0 fully saturated rings. The molecule has 1 N–H and O–H groups in total. The molecule has 37 heavy (non-hydrogen) atoms. The zero-order chi connectivity index (χ0) is 25.5. The second-order valence-electron chi connectivity index (χ2n) is 8.74. The molecule has 2 heterocycles. The van der Waals surface area contributed by atoms with E-state index in [0.29, 0.717) is 27.1 Å². The second-order valence-corrected chi connectivity index (χ2v) is 11.1. The lowest BCUT2D eigenvalue weighted by atomic mass is 9.97. The fraction of sp³-hybridized carbons (Fsp3) is 0.0690. The molecule has 1 atom stereocenters. The minimum absolute atomic E-state index is 0.0920. The van der Waals surface area contributed by atoms with E-state index in [1.807, 2.05) is 41.4 Å². The van der Waals surface area contributed by atoms with Crippen LogP contribution in [0.15, 0.2) is 104 Å². The number of nitrogens with zero attached hydrogens (tertiary/aromatic N) is 3. The minimum atomic E-state index is -0.358. The Morgan fingerprint density at radius 3 is 2.59 bits per heavy atom. The molecule has 6 rings (SSSR count). The highest BCUT2D eigenvalue weighted by Crippen LogP contribution is 2.40. The van der Waals surface area contributed by atoms with E-state index in [1.54, 1.807) is 24.3 Å². The molecule has 0 bridgehead atoms. The molecule has 8 heteroatoms. The minimum Gasteiger partial charge on any atom is -0.507 e. The number of hydrazone groups is 1. The van der Waals surface area contributed by atoms with Crippen molar-refractivity contribution in [3.8, 4) is 5.75 Å². The van der Waals surface area contributed by atoms with E-state index in [4.69, 9.17) is 16.7 Å². The van der Waals surface area contributed by atoms with Crippen molar-refractivity contribution < 1.29 is 9.90 Å². The lowest BCUT2D eigenvalue weighted by molar-refractivity contribution is -0.113. The van der Waals surface area contributed by atoms with E-state index in [1.165, 1.54) is 17.1 Å². The van der Waals surface area contributed by atoms with Crippen LogP contribution in [-0.2, 0) is 4.79 Å². The lowest BCUT2D eigenvalue weighted by Gasteiger charge is -2.22. The average molecular weight is 589 g/mol. The third-order valence-corrected chi connectivity index (χ3v) is 8.05. The number of halogens is 2. The van der Waals surface area contributed by atoms with Crippen LogP contribution in [0.3, 0.4) is 0 Å². The topological polar surface area (TPSA) is 65.3 Å². The number of benzene rings is 4. The van der Waals surface area contributed by atoms with Gasteiger partial charge in [0, 0.05) is 21.5 Å². The maximum atomic E-state index is 12.9. The van der Waals surface area contributed by atoms with E-state index in [2.05, 4.69) is 51.3 Å². The number of hydrogen-bond donors (Lipinski definition) is 1. The summed E-state index contributed by atoms with van der Waals surface area (Å²) in [7, 11) is 0. The van der Waals surface area contributed by atoms with Gasteiger partial charge in [0.05, 0.1) is 16.7 Å². The third-order valence-electron chi connectivity index (χ3n) is 6.33. The van der Waals surface area contributed by atoms with Gasteiger partial charge in [-0.1, -0.05) is 76.1 Å². The monoisotopic (exact) mass is 587 g/mol. The van der Waals surface area contributed by atoms with Crippen molar-refractivity contribution in [2.24, 2.45) is 10.1 Å². The Labute approximate surface area is 231 Å². The van der Waals surface area contributed by atoms with Crippen molar-refractivity contribution in [1.29, 1.82) is 0 Å². The van der Waals surface area contributed by atoms with Crippen molar-refractivity contribution in [1.82, 2.24) is 5.01 Å². The lowest BCUT2D eigenvalue weighted by Crippen LogP contribution is -2.23. The SMILES string of the molecule is O=C1N=C(N2N=C(c3ccc4ccccc4c3)CC2c2ccc(Cl)cc2)S/C1=C\c1cc(Br)ccc1O. The van der Waals surface area contributed by atoms with Gasteiger partial charge in [0.15, 0.2) is 5.17 Å². The molecule has 2 aliphatic rings. The number of aromatic hydroxyl groups is 1. The highest BCUT2D eigenvalue weighted by molar-refractivity contribution is 9.10. The van der Waals surface area contributed by atoms with Gasteiger partial charge in [0.25, 0.3) is 5.91 Å². The Morgan fingerprint density at radius 1 is 1.00 bits per heavy atom. The van der Waals surface area contributed by atoms with E-state index in [9.17, 15) is 9.90 Å². The van der Waals surface area contributed by atoms with Crippen LogP contribution in [0, 0.1) is 0 Å². The quantitative estimate of drug-likeness (QED) is 0.248. The Hall–Kier alpha value is -3.39. The fourth-order valence-electron chi connectivity index (χ4n) is 4.45. The van der Waals surface area contributed by atoms with Gasteiger partial charge in [-0.15, -0.1) is 0 Å². The molecule has 182 valence electrons. The Bertz CT molecular complexity index is 1650. The van der Waals surface area contributed by atoms with Crippen LogP contribution in [-0.4, -0.2) is 26.9 Å². The van der Waals surface area contributed by atoms with Crippen LogP contribution in [0.4, 0.5) is 0 Å². The van der Waals surface area contributed by atoms with Gasteiger partial charge in [-0.3, -0.25) is 4.79 Å². The number of fused-ring (bicyclic) bond motifs is 1. The van der Waals surface area contributed by atoms with Gasteiger partial charge >= 0.3 is 0 Å². The van der Waals surface area contributed by atoms with E-state index in [0.717, 1.165) is 26.7 Å². The van der Waals surface area contributed by atoms with Crippen molar-refractivity contribution in [3.05, 3.63) is 116 Å². The number of hydrogen-bond acceptors (Lipinski definition) is 5. The first kappa shape index (κ1) is 24.0. The van der Waals surface area contributed by atoms with Gasteiger partial charge in [-0.2, -0.15) is 10.1 Å². The maximum Gasteiger partial charge on any atom is 0.286 e. The molecule has 0 radical (unpaired) electrons. The molecule has 1 amide bonds. The van der Waals surface area contributed by atoms with Crippen LogP contribution in [0.2, 0.25) is 5.02 Å². The van der Waals surface area contributed by atoms with Crippen molar-refractivity contribution in [2.75, 3.05) is 0 Å². The van der Waals surface area contributed by atoms with Crippen LogP contribution in [0.25, 0.3) is 16.8 Å². The molecule has 4 aromatic rings. The smallest absolute Gasteiger partial charge is 0.286 e. The predicted octanol–water partition coefficient (Wildman–Crippen LogP) is 7.78. The zero-order valence-corrected chi connectivity index (χ0v) is 22.5. The van der Waals surface area contributed by atoms with Crippen LogP contribution < -0.4 is 0 Å². The Balaban J connectivity index is 1.37. The molecule has 5 nitrogen and oxygen atoms in total. The second kappa shape index (κ2) is 9.82. The van der Waals surface area contributed by atoms with E-state index in [-0.39, 0.29) is 17.7 Å². The molecule has 0 saturated carbocycles. The molecule has 4 aromatic carbocycles. The summed E-state index contributed by atoms with van der Waals surface area (Å²) < 4.78 is 0.806. The third kappa shape index (κ3) is 4.82. The normalized spacial score (nSPS) is 18.5. The summed E-state index contributed by atoms with van der Waals surface area (Å²) >= 11 is 10.8. The zero-order valence-electron chi connectivity index (χ0n) is 19.3. The number of aliphatic imine (C=N–C) groups is 1. The summed E-state index contributed by atoms with van der Waals surface area (Å²) in [4.78, 5) is 17.6. The summed E-state index contributed by atoms with van der Waals surface area (Å²) in [5, 5.41) is 20.5. The van der Waals surface area contributed by atoms with Crippen molar-refractivity contribution in [3.63, 3.8) is 0 Å². The number of phenols is 1. The summed E-state index contributed by atoms with van der Waals surface area (Å²) in [6, 6.07) is 27.2. The van der Waals surface area contributed by atoms with Gasteiger partial charge < -0.3 is 5.11 Å². The maximum absolute atomic E-state index is 12.9. The highest BCUT2D eigenvalue weighted by atomic mass is 79.9. The first-order valence-electron chi connectivity index (χ1n) is 11.6. The first-order chi connectivity index (χ1) is 17.9. The number of thioether (sulfide) groups is 1. The molecule has 0 aromatic heterocycles. The van der Waals surface area contributed by atoms with Crippen molar-refractivity contribution in [2.45, 2.75) is 12.5 Å². The highest BCUT2D eigenvalue weighted by Gasteiger charge is 2.36. The predicted molar refractivity (Wildman–Crippen MR) is 155 cm³/mol. The van der Waals surface area contributed by atoms with Gasteiger partial charge in [0.1, 0.15) is 5.75 Å². The molecule has 0 saturated heterocycles. The van der Waals surface area contributed by atoms with E-state index < -0.39 is 0 Å². The summed E-state index contributed by atoms with van der Waals surface area (Å²) in [5.74, 6) is -0.266. The summed E-state index contributed by atoms with van der Waals surface area (Å²) in [6.45, 7) is 0. The van der Waals surface area contributed by atoms with Crippen LogP contribution in [0.1, 0.15) is 29.2 Å². The molecular weight excluding hydrogens is 570 g/mol.